The topological polar surface area (TPSA) is 46.2 Å². The third-order valence-electron chi connectivity index (χ3n) is 12.9. The Hall–Kier alpha value is -5.77. The molecule has 6 aliphatic heterocycles. The first-order chi connectivity index (χ1) is 28.4. The van der Waals surface area contributed by atoms with E-state index in [0.29, 0.717) is 0 Å². The number of nitrogens with zero attached hydrogens (tertiary/aromatic N) is 2. The molecule has 58 heavy (non-hydrogen) atoms. The molecule has 276 valence electrons. The van der Waals surface area contributed by atoms with Crippen molar-refractivity contribution >= 4 is 127 Å². The fourth-order valence-electron chi connectivity index (χ4n) is 10.7. The van der Waals surface area contributed by atoms with Crippen LogP contribution in [0.2, 0.25) is 0 Å². The van der Waals surface area contributed by atoms with Crippen LogP contribution in [0.5, 0.6) is 34.5 Å². The lowest BCUT2D eigenvalue weighted by molar-refractivity contribution is 0.464. The van der Waals surface area contributed by atoms with Gasteiger partial charge in [0.05, 0.1) is 17.1 Å². The molecule has 13 rings (SSSR count). The lowest BCUT2D eigenvalue weighted by Gasteiger charge is -2.44. The van der Waals surface area contributed by atoms with Crippen LogP contribution in [-0.4, -0.2) is 32.6 Å². The molecular formula is C47H34B3N3O3S2. The summed E-state index contributed by atoms with van der Waals surface area (Å²) in [6.07, 6.45) is 4.38. The SMILES string of the molecule is CSN1c2cc3c(cc2B2c4cc5c(cc4N(SC)c4cc(C)cc1c42)Oc1cc(C)cc2c1B5c1ccccc1O2)B1c2ccccc2Oc2cc(C)cc(c21)N3. The van der Waals surface area contributed by atoms with Crippen LogP contribution < -0.4 is 77.3 Å². The maximum atomic E-state index is 6.95. The Balaban J connectivity index is 1.09. The van der Waals surface area contributed by atoms with Gasteiger partial charge in [-0.05, 0) is 160 Å². The van der Waals surface area contributed by atoms with Crippen molar-refractivity contribution in [3.8, 4) is 34.5 Å². The third kappa shape index (κ3) is 4.30. The number of ether oxygens (including phenoxy) is 3. The van der Waals surface area contributed by atoms with E-state index < -0.39 is 0 Å². The van der Waals surface area contributed by atoms with Crippen molar-refractivity contribution in [2.24, 2.45) is 0 Å². The maximum Gasteiger partial charge on any atom is 0.260 e. The molecule has 6 aliphatic rings. The molecule has 0 saturated heterocycles. The highest BCUT2D eigenvalue weighted by Crippen LogP contribution is 2.45. The zero-order chi connectivity index (χ0) is 38.7. The Morgan fingerprint density at radius 1 is 0.414 bits per heavy atom. The quantitative estimate of drug-likeness (QED) is 0.170. The molecule has 6 heterocycles. The molecule has 0 atom stereocenters. The van der Waals surface area contributed by atoms with Crippen molar-refractivity contribution in [2.75, 3.05) is 26.4 Å². The maximum absolute atomic E-state index is 6.95. The van der Waals surface area contributed by atoms with E-state index in [1.54, 1.807) is 23.9 Å². The molecule has 0 unspecified atom stereocenters. The molecular weight excluding hydrogens is 751 g/mol. The average molecular weight is 785 g/mol. The van der Waals surface area contributed by atoms with Crippen molar-refractivity contribution in [1.82, 2.24) is 0 Å². The highest BCUT2D eigenvalue weighted by Gasteiger charge is 2.48. The van der Waals surface area contributed by atoms with Gasteiger partial charge in [-0.2, -0.15) is 0 Å². The van der Waals surface area contributed by atoms with Gasteiger partial charge in [0.25, 0.3) is 20.1 Å². The summed E-state index contributed by atoms with van der Waals surface area (Å²) in [5.41, 5.74) is 21.6. The van der Waals surface area contributed by atoms with Crippen molar-refractivity contribution in [3.05, 3.63) is 126 Å². The Kier molecular flexibility index (Phi) is 6.69. The largest absolute Gasteiger partial charge is 0.458 e. The van der Waals surface area contributed by atoms with Gasteiger partial charge in [0, 0.05) is 41.1 Å². The fourth-order valence-corrected chi connectivity index (χ4v) is 12.1. The van der Waals surface area contributed by atoms with Crippen molar-refractivity contribution in [2.45, 2.75) is 20.8 Å². The number of hydrogen-bond acceptors (Lipinski definition) is 8. The van der Waals surface area contributed by atoms with E-state index in [4.69, 9.17) is 14.2 Å². The van der Waals surface area contributed by atoms with Gasteiger partial charge in [0.2, 0.25) is 0 Å². The van der Waals surface area contributed by atoms with Crippen molar-refractivity contribution in [1.29, 1.82) is 0 Å². The molecule has 1 N–H and O–H groups in total. The van der Waals surface area contributed by atoms with Crippen LogP contribution in [0.25, 0.3) is 0 Å². The Morgan fingerprint density at radius 2 is 0.914 bits per heavy atom. The first kappa shape index (κ1) is 33.2. The Labute approximate surface area is 347 Å². The molecule has 0 spiro atoms. The number of nitrogens with one attached hydrogen (secondary N) is 1. The molecule has 0 aromatic heterocycles. The second-order valence-electron chi connectivity index (χ2n) is 16.3. The van der Waals surface area contributed by atoms with Crippen LogP contribution >= 0.6 is 23.9 Å². The van der Waals surface area contributed by atoms with E-state index in [1.165, 1.54) is 71.9 Å². The number of anilines is 6. The summed E-state index contributed by atoms with van der Waals surface area (Å²) >= 11 is 3.52. The number of benzene rings is 7. The van der Waals surface area contributed by atoms with E-state index in [0.717, 1.165) is 62.6 Å². The normalized spacial score (nSPS) is 14.8. The molecule has 0 radical (unpaired) electrons. The number of aryl methyl sites for hydroxylation is 3. The third-order valence-corrected chi connectivity index (χ3v) is 14.4. The minimum atomic E-state index is -0.0269. The van der Waals surface area contributed by atoms with E-state index in [2.05, 4.69) is 156 Å². The van der Waals surface area contributed by atoms with Gasteiger partial charge in [-0.3, -0.25) is 8.61 Å². The summed E-state index contributed by atoms with van der Waals surface area (Å²) in [5.74, 6) is 5.40. The van der Waals surface area contributed by atoms with Gasteiger partial charge in [-0.25, -0.2) is 0 Å². The molecule has 6 nitrogen and oxygen atoms in total. The Morgan fingerprint density at radius 3 is 1.55 bits per heavy atom. The zero-order valence-corrected chi connectivity index (χ0v) is 34.2. The molecule has 0 fully saturated rings. The van der Waals surface area contributed by atoms with Gasteiger partial charge in [-0.1, -0.05) is 48.5 Å². The highest BCUT2D eigenvalue weighted by atomic mass is 32.2. The first-order valence-electron chi connectivity index (χ1n) is 19.8. The number of para-hydroxylation sites is 2. The van der Waals surface area contributed by atoms with Gasteiger partial charge >= 0.3 is 0 Å². The highest BCUT2D eigenvalue weighted by molar-refractivity contribution is 8.00. The van der Waals surface area contributed by atoms with Gasteiger partial charge < -0.3 is 19.5 Å². The molecule has 0 saturated carbocycles. The standard InChI is InChI=1S/C47H34B3N3O3S2/c1-24-14-34-45-42(17-24)54-39-12-8-6-10-27(39)48(45)29-20-30-35(22-33(29)51-34)52(57-4)37-15-25(2)16-38-46(37)50(30)31-21-32-41(23-36(31)53(38)58-5)56-44-19-26(3)18-43-47(44)49(32)28-11-7-9-13-40(28)55-43/h6-23,51H,1-5H3. The predicted molar refractivity (Wildman–Crippen MR) is 248 cm³/mol. The second-order valence-corrected chi connectivity index (χ2v) is 17.8. The first-order valence-corrected chi connectivity index (χ1v) is 22.2. The van der Waals surface area contributed by atoms with Crippen molar-refractivity contribution in [3.63, 3.8) is 0 Å². The van der Waals surface area contributed by atoms with Gasteiger partial charge in [0.1, 0.15) is 34.5 Å². The molecule has 0 aliphatic carbocycles. The van der Waals surface area contributed by atoms with Gasteiger partial charge in [-0.15, -0.1) is 0 Å². The van der Waals surface area contributed by atoms with Crippen LogP contribution in [0.3, 0.4) is 0 Å². The minimum Gasteiger partial charge on any atom is -0.458 e. The molecule has 0 amide bonds. The second kappa shape index (κ2) is 11.7. The van der Waals surface area contributed by atoms with Crippen LogP contribution in [0.4, 0.5) is 34.1 Å². The summed E-state index contributed by atoms with van der Waals surface area (Å²) in [5, 5.41) is 3.91. The lowest BCUT2D eigenvalue weighted by atomic mass is 9.29. The zero-order valence-electron chi connectivity index (χ0n) is 32.6. The summed E-state index contributed by atoms with van der Waals surface area (Å²) in [6, 6.07) is 40.3. The van der Waals surface area contributed by atoms with Crippen molar-refractivity contribution < 1.29 is 14.2 Å². The van der Waals surface area contributed by atoms with E-state index in [-0.39, 0.29) is 20.1 Å². The predicted octanol–water partition coefficient (Wildman–Crippen LogP) is 5.99. The summed E-state index contributed by atoms with van der Waals surface area (Å²) in [6.45, 7) is 6.45. The average Bonchev–Trinajstić information content (AvgIpc) is 3.21. The fraction of sp³-hybridized carbons (Fsp3) is 0.106. The van der Waals surface area contributed by atoms with Crippen LogP contribution in [-0.2, 0) is 0 Å². The molecule has 11 heteroatoms. The summed E-state index contributed by atoms with van der Waals surface area (Å²) in [7, 11) is 0. The lowest BCUT2D eigenvalue weighted by Crippen LogP contribution is -2.65. The van der Waals surface area contributed by atoms with E-state index in [9.17, 15) is 0 Å². The van der Waals surface area contributed by atoms with Gasteiger partial charge in [0.15, 0.2) is 0 Å². The van der Waals surface area contributed by atoms with Crippen LogP contribution in [0.1, 0.15) is 16.7 Å². The van der Waals surface area contributed by atoms with Crippen LogP contribution in [0, 0.1) is 20.8 Å². The minimum absolute atomic E-state index is 0.0261. The van der Waals surface area contributed by atoms with E-state index in [1.807, 2.05) is 0 Å². The summed E-state index contributed by atoms with van der Waals surface area (Å²) in [4.78, 5) is 0. The van der Waals surface area contributed by atoms with Crippen LogP contribution in [0.15, 0.2) is 109 Å². The molecule has 7 aromatic rings. The number of hydrogen-bond donors (Lipinski definition) is 1. The number of fused-ring (bicyclic) bond motifs is 12. The number of rotatable bonds is 2. The summed E-state index contributed by atoms with van der Waals surface area (Å²) < 4.78 is 25.1. The monoisotopic (exact) mass is 785 g/mol. The Bertz CT molecular complexity index is 2850. The molecule has 7 aromatic carbocycles. The molecule has 0 bridgehead atoms. The smallest absolute Gasteiger partial charge is 0.260 e. The van der Waals surface area contributed by atoms with E-state index >= 15 is 0 Å².